The van der Waals surface area contributed by atoms with E-state index in [1.807, 2.05) is 32.1 Å². The first-order chi connectivity index (χ1) is 21.0. The molecule has 1 aliphatic carbocycles. The first-order valence-electron chi connectivity index (χ1n) is 14.8. The summed E-state index contributed by atoms with van der Waals surface area (Å²) in [5, 5.41) is 3.95. The molecule has 0 bridgehead atoms. The average molecular weight is 634 g/mol. The van der Waals surface area contributed by atoms with E-state index in [1.165, 1.54) is 12.4 Å². The number of primary amides is 1. The minimum Gasteiger partial charge on any atom is -0.496 e. The van der Waals surface area contributed by atoms with Crippen molar-refractivity contribution in [1.82, 2.24) is 24.7 Å². The van der Waals surface area contributed by atoms with Crippen molar-refractivity contribution in [1.29, 1.82) is 0 Å². The number of rotatable bonds is 12. The van der Waals surface area contributed by atoms with Crippen molar-refractivity contribution < 1.29 is 18.7 Å². The maximum Gasteiger partial charge on any atom is 0.223 e. The number of carbonyl (C=O) groups is 2. The van der Waals surface area contributed by atoms with Crippen molar-refractivity contribution in [2.75, 3.05) is 46.7 Å². The Morgan fingerprint density at radius 2 is 1.86 bits per heavy atom. The van der Waals surface area contributed by atoms with E-state index in [9.17, 15) is 9.18 Å². The Labute approximate surface area is 266 Å². The van der Waals surface area contributed by atoms with Crippen LogP contribution in [0.25, 0.3) is 10.9 Å². The predicted octanol–water partition coefficient (Wildman–Crippen LogP) is 5.45. The van der Waals surface area contributed by atoms with Gasteiger partial charge in [-0.25, -0.2) is 14.4 Å². The van der Waals surface area contributed by atoms with Gasteiger partial charge in [0.15, 0.2) is 5.83 Å². The number of aromatic nitrogens is 2. The molecule has 10 nitrogen and oxygen atoms in total. The molecule has 2 amide bonds. The van der Waals surface area contributed by atoms with Crippen LogP contribution in [0, 0.1) is 0 Å². The number of ether oxygens (including phenoxy) is 1. The van der Waals surface area contributed by atoms with Crippen LogP contribution in [-0.4, -0.2) is 90.4 Å². The molecule has 2 unspecified atom stereocenters. The third kappa shape index (κ3) is 11.2. The highest BCUT2D eigenvalue weighted by atomic mass is 35.5. The standard InChI is InChI=1S/C29H40ClFN6O2.C2H6.CH3NO/c1-8-37(20(3)16-36(6)19(2)13-27(38)35(4)5)17-21-14-22-25(15-26(21)39-7)32-18-33-29(22)34-24-12-10-9-11-23(30)28(24)31;1-2;2-1-3/h9-11,14-15,18-20H,8,12-13,16-17H2,1-7H3,(H,32,33,34);1-2H3;1H,(H2,2,3). The molecular formula is C32H49ClFN7O3. The summed E-state index contributed by atoms with van der Waals surface area (Å²) < 4.78 is 20.6. The second-order valence-electron chi connectivity index (χ2n) is 10.3. The summed E-state index contributed by atoms with van der Waals surface area (Å²) in [6.07, 6.45) is 7.64. The fourth-order valence-electron chi connectivity index (χ4n) is 4.54. The van der Waals surface area contributed by atoms with Gasteiger partial charge in [0.2, 0.25) is 12.3 Å². The maximum atomic E-state index is 14.8. The van der Waals surface area contributed by atoms with Gasteiger partial charge in [0.1, 0.15) is 17.9 Å². The summed E-state index contributed by atoms with van der Waals surface area (Å²) in [4.78, 5) is 35.8. The highest BCUT2D eigenvalue weighted by Crippen LogP contribution is 2.32. The van der Waals surface area contributed by atoms with E-state index in [4.69, 9.17) is 21.1 Å². The van der Waals surface area contributed by atoms with Gasteiger partial charge in [0.25, 0.3) is 0 Å². The summed E-state index contributed by atoms with van der Waals surface area (Å²) in [5.41, 5.74) is 6.18. The summed E-state index contributed by atoms with van der Waals surface area (Å²) in [7, 11) is 7.27. The van der Waals surface area contributed by atoms with E-state index in [1.54, 1.807) is 32.2 Å². The van der Waals surface area contributed by atoms with E-state index >= 15 is 0 Å². The Hall–Kier alpha value is -3.54. The summed E-state index contributed by atoms with van der Waals surface area (Å²) in [6.45, 7) is 12.7. The molecule has 0 spiro atoms. The number of likely N-dealkylation sites (N-methyl/N-ethyl adjacent to an activating group) is 2. The van der Waals surface area contributed by atoms with E-state index in [0.717, 1.165) is 29.8 Å². The van der Waals surface area contributed by atoms with Crippen LogP contribution in [0.3, 0.4) is 0 Å². The molecule has 1 heterocycles. The Morgan fingerprint density at radius 3 is 2.45 bits per heavy atom. The normalized spacial score (nSPS) is 14.1. The van der Waals surface area contributed by atoms with Crippen LogP contribution >= 0.6 is 11.6 Å². The number of hydrogen-bond acceptors (Lipinski definition) is 8. The number of nitrogens with zero attached hydrogens (tertiary/aromatic N) is 5. The number of allylic oxidation sites excluding steroid dienone is 5. The molecule has 12 heteroatoms. The van der Waals surface area contributed by atoms with E-state index in [2.05, 4.69) is 58.6 Å². The van der Waals surface area contributed by atoms with Gasteiger partial charge in [-0.2, -0.15) is 0 Å². The lowest BCUT2D eigenvalue weighted by Gasteiger charge is -2.34. The Bertz CT molecular complexity index is 1320. The molecule has 3 N–H and O–H groups in total. The Balaban J connectivity index is 0.00000182. The number of nitrogens with one attached hydrogen (secondary N) is 1. The van der Waals surface area contributed by atoms with Gasteiger partial charge in [-0.3, -0.25) is 14.5 Å². The highest BCUT2D eigenvalue weighted by Gasteiger charge is 2.22. The fraction of sp³-hybridized carbons (Fsp3) is 0.500. The molecule has 3 rings (SSSR count). The number of fused-ring (bicyclic) bond motifs is 1. The van der Waals surface area contributed by atoms with Crippen molar-refractivity contribution in [3.05, 3.63) is 58.8 Å². The minimum absolute atomic E-state index is 0.0462. The van der Waals surface area contributed by atoms with Crippen molar-refractivity contribution >= 4 is 40.6 Å². The second kappa shape index (κ2) is 19.7. The van der Waals surface area contributed by atoms with Crippen LogP contribution in [0.4, 0.5) is 10.2 Å². The zero-order chi connectivity index (χ0) is 33.4. The molecule has 1 aromatic carbocycles. The van der Waals surface area contributed by atoms with Crippen LogP contribution in [0.1, 0.15) is 53.0 Å². The predicted molar refractivity (Wildman–Crippen MR) is 178 cm³/mol. The largest absolute Gasteiger partial charge is 0.496 e. The molecule has 244 valence electrons. The van der Waals surface area contributed by atoms with Crippen LogP contribution in [0.2, 0.25) is 0 Å². The number of benzene rings is 1. The van der Waals surface area contributed by atoms with E-state index < -0.39 is 5.83 Å². The molecule has 0 radical (unpaired) electrons. The molecule has 1 aliphatic rings. The Kier molecular flexibility index (Phi) is 17.2. The second-order valence-corrected chi connectivity index (χ2v) is 10.7. The van der Waals surface area contributed by atoms with Crippen LogP contribution < -0.4 is 15.8 Å². The van der Waals surface area contributed by atoms with E-state index in [-0.39, 0.29) is 29.4 Å². The van der Waals surface area contributed by atoms with Crippen molar-refractivity contribution in [3.63, 3.8) is 0 Å². The number of halogens is 2. The highest BCUT2D eigenvalue weighted by molar-refractivity contribution is 6.32. The van der Waals surface area contributed by atoms with Gasteiger partial charge in [0.05, 0.1) is 23.4 Å². The maximum absolute atomic E-state index is 14.8. The van der Waals surface area contributed by atoms with Gasteiger partial charge in [-0.15, -0.1) is 0 Å². The summed E-state index contributed by atoms with van der Waals surface area (Å²) in [6, 6.07) is 4.24. The number of amides is 2. The molecule has 2 aromatic rings. The third-order valence-electron chi connectivity index (χ3n) is 7.16. The molecule has 0 saturated heterocycles. The third-order valence-corrected chi connectivity index (χ3v) is 7.45. The number of carbonyl (C=O) groups excluding carboxylic acids is 2. The summed E-state index contributed by atoms with van der Waals surface area (Å²) >= 11 is 6.07. The van der Waals surface area contributed by atoms with Gasteiger partial charge in [0, 0.05) is 69.1 Å². The van der Waals surface area contributed by atoms with Crippen molar-refractivity contribution in [2.45, 2.75) is 66.1 Å². The molecular weight excluding hydrogens is 585 g/mol. The quantitative estimate of drug-likeness (QED) is 0.296. The smallest absolute Gasteiger partial charge is 0.223 e. The lowest BCUT2D eigenvalue weighted by atomic mass is 10.1. The average Bonchev–Trinajstić information content (AvgIpc) is 3.16. The zero-order valence-corrected chi connectivity index (χ0v) is 28.3. The first kappa shape index (κ1) is 38.5. The van der Waals surface area contributed by atoms with Crippen LogP contribution in [0.5, 0.6) is 5.75 Å². The van der Waals surface area contributed by atoms with Gasteiger partial charge >= 0.3 is 0 Å². The fourth-order valence-corrected chi connectivity index (χ4v) is 4.72. The van der Waals surface area contributed by atoms with Crippen LogP contribution in [0.15, 0.2) is 53.2 Å². The molecule has 0 saturated carbocycles. The number of nitrogens with two attached hydrogens (primary N) is 1. The van der Waals surface area contributed by atoms with Crippen LogP contribution in [-0.2, 0) is 16.1 Å². The monoisotopic (exact) mass is 633 g/mol. The zero-order valence-electron chi connectivity index (χ0n) is 27.5. The molecule has 2 atom stereocenters. The number of hydrogen-bond donors (Lipinski definition) is 2. The van der Waals surface area contributed by atoms with Gasteiger partial charge in [-0.1, -0.05) is 44.5 Å². The SMILES string of the molecule is CC.CCN(Cc1cc2c(NC3=C(F)C(Cl)=CC=CC3)ncnc2cc1OC)C(C)CN(C)C(C)CC(=O)N(C)C.NC=O. The number of anilines is 1. The summed E-state index contributed by atoms with van der Waals surface area (Å²) in [5.74, 6) is 0.850. The topological polar surface area (TPSA) is 117 Å². The van der Waals surface area contributed by atoms with Crippen molar-refractivity contribution in [2.24, 2.45) is 5.73 Å². The molecule has 44 heavy (non-hydrogen) atoms. The van der Waals surface area contributed by atoms with Gasteiger partial charge < -0.3 is 25.6 Å². The lowest BCUT2D eigenvalue weighted by molar-refractivity contribution is -0.129. The van der Waals surface area contributed by atoms with E-state index in [0.29, 0.717) is 36.4 Å². The number of methoxy groups -OCH3 is 1. The lowest BCUT2D eigenvalue weighted by Crippen LogP contribution is -2.44. The molecule has 1 aromatic heterocycles. The van der Waals surface area contributed by atoms with Gasteiger partial charge in [-0.05, 0) is 39.6 Å². The molecule has 0 fully saturated rings. The minimum atomic E-state index is -0.501. The first-order valence-corrected chi connectivity index (χ1v) is 15.1. The molecule has 0 aliphatic heterocycles. The Morgan fingerprint density at radius 1 is 1.20 bits per heavy atom. The van der Waals surface area contributed by atoms with Crippen molar-refractivity contribution in [3.8, 4) is 5.75 Å².